The van der Waals surface area contributed by atoms with Crippen LogP contribution in [0, 0.1) is 0 Å². The van der Waals surface area contributed by atoms with E-state index >= 15 is 0 Å². The third-order valence-electron chi connectivity index (χ3n) is 5.43. The van der Waals surface area contributed by atoms with Gasteiger partial charge in [-0.15, -0.1) is 5.75 Å². The fourth-order valence-electron chi connectivity index (χ4n) is 3.67. The molecule has 5 nitrogen and oxygen atoms in total. The van der Waals surface area contributed by atoms with Gasteiger partial charge in [-0.1, -0.05) is 89.3 Å². The fourth-order valence-corrected chi connectivity index (χ4v) is 4.43. The van der Waals surface area contributed by atoms with Gasteiger partial charge in [0.25, 0.3) is 10.1 Å². The molecule has 0 heterocycles. The predicted molar refractivity (Wildman–Crippen MR) is 122 cm³/mol. The first kappa shape index (κ1) is 29.6. The molecule has 1 N–H and O–H groups in total. The minimum atomic E-state index is -4.35. The van der Waals surface area contributed by atoms with Gasteiger partial charge in [0.1, 0.15) is 16.4 Å². The molecule has 0 aliphatic rings. The maximum absolute atomic E-state index is 11.9. The molecule has 0 saturated heterocycles. The molecule has 7 heteroatoms. The van der Waals surface area contributed by atoms with Crippen LogP contribution in [0.25, 0.3) is 0 Å². The van der Waals surface area contributed by atoms with E-state index in [0.29, 0.717) is 23.5 Å². The molecule has 172 valence electrons. The molecule has 0 aliphatic carbocycles. The van der Waals surface area contributed by atoms with Crippen molar-refractivity contribution in [2.45, 2.75) is 88.9 Å². The monoisotopic (exact) mass is 486 g/mol. The van der Waals surface area contributed by atoms with Crippen LogP contribution in [0.4, 0.5) is 0 Å². The summed E-state index contributed by atoms with van der Waals surface area (Å²) in [5.74, 6) is 0.598. The minimum Gasteiger partial charge on any atom is -0.872 e. The zero-order chi connectivity index (χ0) is 22.5. The van der Waals surface area contributed by atoms with Crippen LogP contribution in [0.15, 0.2) is 47.4 Å². The summed E-state index contributed by atoms with van der Waals surface area (Å²) < 4.78 is 39.0. The van der Waals surface area contributed by atoms with E-state index in [-0.39, 0.29) is 62.0 Å². The van der Waals surface area contributed by atoms with E-state index in [1.165, 1.54) is 81.7 Å². The van der Waals surface area contributed by atoms with Gasteiger partial charge in [0.15, 0.2) is 0 Å². The van der Waals surface area contributed by atoms with Crippen LogP contribution in [0.1, 0.15) is 83.1 Å². The van der Waals surface area contributed by atoms with E-state index in [4.69, 9.17) is 4.74 Å². The number of rotatable bonds is 15. The average Bonchev–Trinajstić information content (AvgIpc) is 2.73. The maximum atomic E-state index is 11.9. The summed E-state index contributed by atoms with van der Waals surface area (Å²) in [6, 6.07) is 10.5. The molecule has 0 spiro atoms. The summed E-state index contributed by atoms with van der Waals surface area (Å²) >= 11 is 0. The van der Waals surface area contributed by atoms with Crippen LogP contribution in [-0.2, 0) is 16.5 Å². The van der Waals surface area contributed by atoms with Crippen LogP contribution in [0.2, 0.25) is 0 Å². The molecular formula is C25H35KO5S. The molecule has 0 aliphatic heterocycles. The molecular weight excluding hydrogens is 451 g/mol. The summed E-state index contributed by atoms with van der Waals surface area (Å²) in [5.41, 5.74) is 0.598. The second kappa shape index (κ2) is 16.3. The molecule has 0 saturated carbocycles. The molecule has 0 unspecified atom stereocenters. The second-order valence-corrected chi connectivity index (χ2v) is 9.49. The summed E-state index contributed by atoms with van der Waals surface area (Å²) in [6.07, 6.45) is 14.1. The molecule has 0 bridgehead atoms. The van der Waals surface area contributed by atoms with E-state index in [1.54, 1.807) is 12.1 Å². The molecule has 2 aromatic carbocycles. The van der Waals surface area contributed by atoms with E-state index in [1.807, 2.05) is 0 Å². The normalized spacial score (nSPS) is 11.2. The number of aryl methyl sites for hydroxylation is 1. The van der Waals surface area contributed by atoms with Crippen molar-refractivity contribution in [3.05, 3.63) is 48.0 Å². The first-order valence-corrected chi connectivity index (χ1v) is 12.9. The Kier molecular flexibility index (Phi) is 15.0. The van der Waals surface area contributed by atoms with Gasteiger partial charge in [-0.3, -0.25) is 4.55 Å². The van der Waals surface area contributed by atoms with Crippen molar-refractivity contribution >= 4 is 10.1 Å². The number of hydrogen-bond donors (Lipinski definition) is 1. The van der Waals surface area contributed by atoms with Crippen molar-refractivity contribution in [3.63, 3.8) is 0 Å². The van der Waals surface area contributed by atoms with Crippen LogP contribution in [0.5, 0.6) is 17.2 Å². The van der Waals surface area contributed by atoms with Crippen molar-refractivity contribution in [3.8, 4) is 17.2 Å². The topological polar surface area (TPSA) is 86.7 Å². The Balaban J connectivity index is 0.00000512. The standard InChI is InChI=1S/C25H36O5S.K/c1-2-3-4-5-6-7-8-9-10-11-12-13-21-14-17-24(20-25(21)31(27,28)29)30-23-18-15-22(26)16-19-23;/h14-20,26H,2-13H2,1H3,(H,27,28,29);/q;+1/p-1. The van der Waals surface area contributed by atoms with Gasteiger partial charge >= 0.3 is 51.4 Å². The van der Waals surface area contributed by atoms with Gasteiger partial charge in [0, 0.05) is 6.07 Å². The summed E-state index contributed by atoms with van der Waals surface area (Å²) in [6.45, 7) is 2.23. The fraction of sp³-hybridized carbons (Fsp3) is 0.520. The first-order chi connectivity index (χ1) is 14.9. The third-order valence-corrected chi connectivity index (χ3v) is 6.36. The van der Waals surface area contributed by atoms with Crippen LogP contribution in [-0.4, -0.2) is 13.0 Å². The Labute approximate surface area is 236 Å². The van der Waals surface area contributed by atoms with Crippen molar-refractivity contribution < 1.29 is 74.2 Å². The SMILES string of the molecule is CCCCCCCCCCCCCc1ccc(Oc2ccc([O-])cc2)cc1S(=O)(=O)O.[K+]. The Morgan fingerprint density at radius 3 is 1.81 bits per heavy atom. The number of benzene rings is 2. The predicted octanol–water partition coefficient (Wildman–Crippen LogP) is 3.66. The molecule has 32 heavy (non-hydrogen) atoms. The van der Waals surface area contributed by atoms with Gasteiger partial charge in [0.05, 0.1) is 0 Å². The largest absolute Gasteiger partial charge is 1.00 e. The molecule has 0 atom stereocenters. The van der Waals surface area contributed by atoms with Crippen molar-refractivity contribution in [2.75, 3.05) is 0 Å². The molecule has 2 aromatic rings. The quantitative estimate of drug-likeness (QED) is 0.236. The van der Waals surface area contributed by atoms with Crippen LogP contribution in [0.3, 0.4) is 0 Å². The Hall–Kier alpha value is -0.414. The third kappa shape index (κ3) is 11.6. The second-order valence-electron chi connectivity index (χ2n) is 8.10. The molecule has 0 aromatic heterocycles. The zero-order valence-corrected chi connectivity index (χ0v) is 23.5. The minimum absolute atomic E-state index is 0. The van der Waals surface area contributed by atoms with Gasteiger partial charge in [-0.2, -0.15) is 8.42 Å². The zero-order valence-electron chi connectivity index (χ0n) is 19.5. The maximum Gasteiger partial charge on any atom is 1.00 e. The van der Waals surface area contributed by atoms with Crippen molar-refractivity contribution in [1.82, 2.24) is 0 Å². The molecule has 0 radical (unpaired) electrons. The Morgan fingerprint density at radius 2 is 1.28 bits per heavy atom. The van der Waals surface area contributed by atoms with Crippen LogP contribution < -0.4 is 61.2 Å². The van der Waals surface area contributed by atoms with E-state index in [2.05, 4.69) is 6.92 Å². The van der Waals surface area contributed by atoms with Crippen LogP contribution >= 0.6 is 0 Å². The van der Waals surface area contributed by atoms with Crippen molar-refractivity contribution in [2.24, 2.45) is 0 Å². The van der Waals surface area contributed by atoms with Gasteiger partial charge in [0.2, 0.25) is 0 Å². The Morgan fingerprint density at radius 1 is 0.781 bits per heavy atom. The van der Waals surface area contributed by atoms with E-state index < -0.39 is 10.1 Å². The van der Waals surface area contributed by atoms with Gasteiger partial charge in [-0.25, -0.2) is 0 Å². The van der Waals surface area contributed by atoms with Gasteiger partial charge < -0.3 is 9.84 Å². The Bertz CT molecular complexity index is 882. The summed E-state index contributed by atoms with van der Waals surface area (Å²) in [5, 5.41) is 11.2. The average molecular weight is 487 g/mol. The van der Waals surface area contributed by atoms with E-state index in [9.17, 15) is 18.1 Å². The molecule has 0 amide bonds. The molecule has 0 fully saturated rings. The number of unbranched alkanes of at least 4 members (excludes halogenated alkanes) is 10. The number of hydrogen-bond acceptors (Lipinski definition) is 4. The summed E-state index contributed by atoms with van der Waals surface area (Å²) in [7, 11) is -4.35. The first-order valence-electron chi connectivity index (χ1n) is 11.5. The molecule has 2 rings (SSSR count). The van der Waals surface area contributed by atoms with E-state index in [0.717, 1.165) is 19.3 Å². The van der Waals surface area contributed by atoms with Gasteiger partial charge in [-0.05, 0) is 36.6 Å². The summed E-state index contributed by atoms with van der Waals surface area (Å²) in [4.78, 5) is -0.113. The smallest absolute Gasteiger partial charge is 0.872 e. The number of ether oxygens (including phenoxy) is 1. The van der Waals surface area contributed by atoms with Crippen molar-refractivity contribution in [1.29, 1.82) is 0 Å².